The van der Waals surface area contributed by atoms with Crippen molar-refractivity contribution in [2.75, 3.05) is 11.4 Å². The molecule has 0 saturated carbocycles. The van der Waals surface area contributed by atoms with Gasteiger partial charge in [0.2, 0.25) is 0 Å². The molecule has 0 atom stereocenters. The van der Waals surface area contributed by atoms with Crippen molar-refractivity contribution in [3.05, 3.63) is 59.7 Å². The SMILES string of the molecule is Cc1ccc(S(=O)(=O)N(C)c2ccc(C(=O)NN)cc2)cc1. The third-order valence-electron chi connectivity index (χ3n) is 3.30. The first-order valence-corrected chi connectivity index (χ1v) is 7.97. The zero-order chi connectivity index (χ0) is 16.3. The van der Waals surface area contributed by atoms with Crippen molar-refractivity contribution in [2.45, 2.75) is 11.8 Å². The Kier molecular flexibility index (Phi) is 4.48. The van der Waals surface area contributed by atoms with Gasteiger partial charge in [-0.25, -0.2) is 14.3 Å². The van der Waals surface area contributed by atoms with Crippen molar-refractivity contribution in [2.24, 2.45) is 5.84 Å². The van der Waals surface area contributed by atoms with E-state index in [0.717, 1.165) is 5.56 Å². The Hall–Kier alpha value is -2.38. The first-order chi connectivity index (χ1) is 10.4. The Balaban J connectivity index is 2.32. The maximum absolute atomic E-state index is 12.5. The number of nitrogen functional groups attached to an aromatic ring is 1. The van der Waals surface area contributed by atoms with Gasteiger partial charge in [0.1, 0.15) is 0 Å². The summed E-state index contributed by atoms with van der Waals surface area (Å²) in [4.78, 5) is 11.6. The van der Waals surface area contributed by atoms with E-state index in [1.165, 1.54) is 23.5 Å². The maximum Gasteiger partial charge on any atom is 0.265 e. The number of nitrogens with two attached hydrogens (primary N) is 1. The molecule has 0 fully saturated rings. The van der Waals surface area contributed by atoms with Crippen LogP contribution in [0.25, 0.3) is 0 Å². The molecule has 0 heterocycles. The van der Waals surface area contributed by atoms with Gasteiger partial charge in [0.15, 0.2) is 0 Å². The number of carbonyl (C=O) groups excluding carboxylic acids is 1. The van der Waals surface area contributed by atoms with Crippen LogP contribution in [0.2, 0.25) is 0 Å². The number of carbonyl (C=O) groups is 1. The van der Waals surface area contributed by atoms with Crippen molar-refractivity contribution in [1.82, 2.24) is 5.43 Å². The smallest absolute Gasteiger partial charge is 0.265 e. The van der Waals surface area contributed by atoms with E-state index < -0.39 is 15.9 Å². The first kappa shape index (κ1) is 16.0. The van der Waals surface area contributed by atoms with Gasteiger partial charge in [-0.05, 0) is 43.3 Å². The number of anilines is 1. The highest BCUT2D eigenvalue weighted by Gasteiger charge is 2.21. The van der Waals surface area contributed by atoms with Gasteiger partial charge in [-0.15, -0.1) is 0 Å². The lowest BCUT2D eigenvalue weighted by atomic mass is 10.2. The van der Waals surface area contributed by atoms with Crippen LogP contribution >= 0.6 is 0 Å². The van der Waals surface area contributed by atoms with Crippen LogP contribution in [0.4, 0.5) is 5.69 Å². The molecule has 0 aromatic heterocycles. The highest BCUT2D eigenvalue weighted by molar-refractivity contribution is 7.92. The number of hydrogen-bond acceptors (Lipinski definition) is 4. The predicted octanol–water partition coefficient (Wildman–Crippen LogP) is 1.42. The first-order valence-electron chi connectivity index (χ1n) is 6.53. The maximum atomic E-state index is 12.5. The zero-order valence-electron chi connectivity index (χ0n) is 12.3. The number of benzene rings is 2. The molecule has 0 radical (unpaired) electrons. The lowest BCUT2D eigenvalue weighted by Crippen LogP contribution is -2.30. The second kappa shape index (κ2) is 6.17. The van der Waals surface area contributed by atoms with E-state index in [1.54, 1.807) is 36.4 Å². The molecule has 3 N–H and O–H groups in total. The number of hydrazine groups is 1. The van der Waals surface area contributed by atoms with Crippen LogP contribution in [0.3, 0.4) is 0 Å². The average Bonchev–Trinajstić information content (AvgIpc) is 2.54. The van der Waals surface area contributed by atoms with Gasteiger partial charge in [0.05, 0.1) is 10.6 Å². The quantitative estimate of drug-likeness (QED) is 0.506. The zero-order valence-corrected chi connectivity index (χ0v) is 13.1. The molecule has 116 valence electrons. The number of sulfonamides is 1. The van der Waals surface area contributed by atoms with E-state index in [2.05, 4.69) is 0 Å². The molecule has 6 nitrogen and oxygen atoms in total. The van der Waals surface area contributed by atoms with Gasteiger partial charge < -0.3 is 0 Å². The largest absolute Gasteiger partial charge is 0.290 e. The van der Waals surface area contributed by atoms with Crippen molar-refractivity contribution in [1.29, 1.82) is 0 Å². The molecular formula is C15H17N3O3S. The molecule has 0 bridgehead atoms. The minimum absolute atomic E-state index is 0.212. The van der Waals surface area contributed by atoms with E-state index in [4.69, 9.17) is 5.84 Å². The Morgan fingerprint density at radius 2 is 1.59 bits per heavy atom. The Morgan fingerprint density at radius 3 is 2.09 bits per heavy atom. The van der Waals surface area contributed by atoms with Crippen LogP contribution in [0.15, 0.2) is 53.4 Å². The molecular weight excluding hydrogens is 302 g/mol. The number of rotatable bonds is 4. The molecule has 0 aliphatic carbocycles. The Morgan fingerprint density at radius 1 is 1.05 bits per heavy atom. The molecule has 22 heavy (non-hydrogen) atoms. The summed E-state index contributed by atoms with van der Waals surface area (Å²) < 4.78 is 26.3. The van der Waals surface area contributed by atoms with Gasteiger partial charge in [-0.2, -0.15) is 0 Å². The third kappa shape index (κ3) is 3.10. The minimum Gasteiger partial charge on any atom is -0.290 e. The normalized spacial score (nSPS) is 11.0. The van der Waals surface area contributed by atoms with Crippen LogP contribution in [-0.2, 0) is 10.0 Å². The van der Waals surface area contributed by atoms with Crippen LogP contribution in [-0.4, -0.2) is 21.4 Å². The van der Waals surface area contributed by atoms with Crippen molar-refractivity contribution in [3.63, 3.8) is 0 Å². The summed E-state index contributed by atoms with van der Waals surface area (Å²) in [5.41, 5.74) is 3.81. The van der Waals surface area contributed by atoms with Gasteiger partial charge in [-0.1, -0.05) is 17.7 Å². The molecule has 7 heteroatoms. The van der Waals surface area contributed by atoms with Crippen LogP contribution in [0.5, 0.6) is 0 Å². The summed E-state index contributed by atoms with van der Waals surface area (Å²) in [6, 6.07) is 12.8. The molecule has 0 aliphatic heterocycles. The monoisotopic (exact) mass is 319 g/mol. The van der Waals surface area contributed by atoms with Gasteiger partial charge >= 0.3 is 0 Å². The second-order valence-electron chi connectivity index (χ2n) is 4.81. The van der Waals surface area contributed by atoms with Gasteiger partial charge in [-0.3, -0.25) is 14.5 Å². The standard InChI is InChI=1S/C15H17N3O3S/c1-11-3-9-14(10-4-11)22(20,21)18(2)13-7-5-12(6-8-13)15(19)17-16/h3-10H,16H2,1-2H3,(H,17,19). The fourth-order valence-electron chi connectivity index (χ4n) is 1.91. The lowest BCUT2D eigenvalue weighted by molar-refractivity contribution is 0.0953. The molecule has 2 aromatic rings. The lowest BCUT2D eigenvalue weighted by Gasteiger charge is -2.19. The summed E-state index contributed by atoms with van der Waals surface area (Å²) >= 11 is 0. The van der Waals surface area contributed by atoms with Gasteiger partial charge in [0, 0.05) is 12.6 Å². The molecule has 2 aromatic carbocycles. The number of amides is 1. The number of nitrogens with one attached hydrogen (secondary N) is 1. The molecule has 0 saturated heterocycles. The van der Waals surface area contributed by atoms with Crippen LogP contribution in [0.1, 0.15) is 15.9 Å². The fourth-order valence-corrected chi connectivity index (χ4v) is 3.11. The van der Waals surface area contributed by atoms with Crippen LogP contribution < -0.4 is 15.6 Å². The van der Waals surface area contributed by atoms with Crippen LogP contribution in [0, 0.1) is 6.92 Å². The highest BCUT2D eigenvalue weighted by Crippen LogP contribution is 2.22. The van der Waals surface area contributed by atoms with Gasteiger partial charge in [0.25, 0.3) is 15.9 Å². The highest BCUT2D eigenvalue weighted by atomic mass is 32.2. The fraction of sp³-hybridized carbons (Fsp3) is 0.133. The third-order valence-corrected chi connectivity index (χ3v) is 5.10. The van der Waals surface area contributed by atoms with E-state index in [0.29, 0.717) is 11.3 Å². The van der Waals surface area contributed by atoms with Crippen molar-refractivity contribution < 1.29 is 13.2 Å². The Bertz CT molecular complexity index is 769. The van der Waals surface area contributed by atoms with E-state index in [-0.39, 0.29) is 4.90 Å². The summed E-state index contributed by atoms with van der Waals surface area (Å²) in [7, 11) is -2.17. The summed E-state index contributed by atoms with van der Waals surface area (Å²) in [5.74, 6) is 4.62. The van der Waals surface area contributed by atoms with Crippen molar-refractivity contribution >= 4 is 21.6 Å². The molecule has 1 amide bonds. The Labute approximate surface area is 129 Å². The van der Waals surface area contributed by atoms with E-state index in [9.17, 15) is 13.2 Å². The number of aryl methyl sites for hydroxylation is 1. The molecule has 2 rings (SSSR count). The molecule has 0 aliphatic rings. The minimum atomic E-state index is -3.64. The second-order valence-corrected chi connectivity index (χ2v) is 6.78. The summed E-state index contributed by atoms with van der Waals surface area (Å²) in [6.07, 6.45) is 0. The predicted molar refractivity (Wildman–Crippen MR) is 84.9 cm³/mol. The van der Waals surface area contributed by atoms with E-state index in [1.807, 2.05) is 12.3 Å². The molecule has 0 spiro atoms. The summed E-state index contributed by atoms with van der Waals surface area (Å²) in [5, 5.41) is 0. The van der Waals surface area contributed by atoms with Crippen molar-refractivity contribution in [3.8, 4) is 0 Å². The number of hydrogen-bond donors (Lipinski definition) is 2. The summed E-state index contributed by atoms with van der Waals surface area (Å²) in [6.45, 7) is 1.89. The topological polar surface area (TPSA) is 92.5 Å². The molecule has 0 unspecified atom stereocenters. The van der Waals surface area contributed by atoms with E-state index >= 15 is 0 Å². The number of nitrogens with zero attached hydrogens (tertiary/aromatic N) is 1. The average molecular weight is 319 g/mol.